The molecular weight excluding hydrogens is 280 g/mol. The minimum absolute atomic E-state index is 0.253. The molecule has 8 heteroatoms. The predicted octanol–water partition coefficient (Wildman–Crippen LogP) is 0.164. The van der Waals surface area contributed by atoms with E-state index >= 15 is 0 Å². The molecule has 1 rings (SSSR count). The van der Waals surface area contributed by atoms with Crippen LogP contribution in [0.25, 0.3) is 0 Å². The van der Waals surface area contributed by atoms with Crippen molar-refractivity contribution in [3.63, 3.8) is 0 Å². The van der Waals surface area contributed by atoms with E-state index in [0.717, 1.165) is 6.42 Å². The number of hydrogen-bond donors (Lipinski definition) is 2. The second-order valence-electron chi connectivity index (χ2n) is 4.46. The molecule has 1 heterocycles. The number of sulfonamides is 1. The summed E-state index contributed by atoms with van der Waals surface area (Å²) in [7, 11) is -3.55. The van der Waals surface area contributed by atoms with Gasteiger partial charge in [0.25, 0.3) is 0 Å². The Morgan fingerprint density at radius 2 is 2.10 bits per heavy atom. The van der Waals surface area contributed by atoms with E-state index in [-0.39, 0.29) is 11.4 Å². The van der Waals surface area contributed by atoms with Gasteiger partial charge >= 0.3 is 0 Å². The third-order valence-electron chi connectivity index (χ3n) is 2.90. The largest absolute Gasteiger partial charge is 0.380 e. The van der Waals surface area contributed by atoms with Gasteiger partial charge in [0.15, 0.2) is 0 Å². The van der Waals surface area contributed by atoms with Crippen LogP contribution in [0.15, 0.2) is 4.90 Å². The quantitative estimate of drug-likeness (QED) is 0.633. The normalized spacial score (nSPS) is 12.0. The molecule has 0 aromatic carbocycles. The van der Waals surface area contributed by atoms with Crippen LogP contribution in [-0.4, -0.2) is 44.5 Å². The third kappa shape index (κ3) is 4.27. The number of nitrogens with one attached hydrogen (secondary N) is 1. The molecule has 116 valence electrons. The lowest BCUT2D eigenvalue weighted by Gasteiger charge is -2.08. The maximum absolute atomic E-state index is 12.3. The van der Waals surface area contributed by atoms with Crippen molar-refractivity contribution in [1.29, 1.82) is 0 Å². The molecule has 1 aromatic heterocycles. The van der Waals surface area contributed by atoms with Crippen LogP contribution in [0.1, 0.15) is 24.7 Å². The molecule has 0 aliphatic rings. The first-order valence-electron chi connectivity index (χ1n) is 6.75. The first kappa shape index (κ1) is 17.1. The number of aromatic nitrogens is 2. The molecule has 0 unspecified atom stereocenters. The summed E-state index contributed by atoms with van der Waals surface area (Å²) in [5, 5.41) is 4.27. The number of nitrogens with zero attached hydrogens (tertiary/aromatic N) is 2. The highest BCUT2D eigenvalue weighted by Crippen LogP contribution is 2.19. The molecule has 0 radical (unpaired) electrons. The lowest BCUT2D eigenvalue weighted by atomic mass is 10.4. The van der Waals surface area contributed by atoms with Crippen molar-refractivity contribution in [2.75, 3.05) is 26.3 Å². The van der Waals surface area contributed by atoms with Gasteiger partial charge in [0, 0.05) is 19.7 Å². The Morgan fingerprint density at radius 3 is 2.70 bits per heavy atom. The summed E-state index contributed by atoms with van der Waals surface area (Å²) in [4.78, 5) is 0.256. The van der Waals surface area contributed by atoms with Crippen molar-refractivity contribution < 1.29 is 13.2 Å². The van der Waals surface area contributed by atoms with E-state index in [9.17, 15) is 8.42 Å². The van der Waals surface area contributed by atoms with Crippen LogP contribution < -0.4 is 10.5 Å². The second kappa shape index (κ2) is 7.72. The molecule has 0 atom stereocenters. The fraction of sp³-hybridized carbons (Fsp3) is 0.750. The molecule has 0 fully saturated rings. The first-order valence-corrected chi connectivity index (χ1v) is 8.23. The summed E-state index contributed by atoms with van der Waals surface area (Å²) < 4.78 is 33.9. The molecular formula is C12H24N4O3S. The van der Waals surface area contributed by atoms with E-state index in [2.05, 4.69) is 9.82 Å². The molecule has 0 aliphatic carbocycles. The topological polar surface area (TPSA) is 99.2 Å². The lowest BCUT2D eigenvalue weighted by Crippen LogP contribution is -2.28. The van der Waals surface area contributed by atoms with Gasteiger partial charge in [0.05, 0.1) is 18.0 Å². The third-order valence-corrected chi connectivity index (χ3v) is 4.61. The van der Waals surface area contributed by atoms with E-state index < -0.39 is 10.0 Å². The van der Waals surface area contributed by atoms with E-state index in [1.165, 1.54) is 0 Å². The zero-order valence-corrected chi connectivity index (χ0v) is 13.2. The zero-order valence-electron chi connectivity index (χ0n) is 12.3. The van der Waals surface area contributed by atoms with Gasteiger partial charge in [0.1, 0.15) is 4.90 Å². The minimum atomic E-state index is -3.55. The molecule has 0 saturated carbocycles. The molecule has 0 amide bonds. The monoisotopic (exact) mass is 304 g/mol. The van der Waals surface area contributed by atoms with Gasteiger partial charge in [-0.25, -0.2) is 13.1 Å². The van der Waals surface area contributed by atoms with Crippen LogP contribution in [0.5, 0.6) is 0 Å². The summed E-state index contributed by atoms with van der Waals surface area (Å²) in [5.41, 5.74) is 6.61. The molecule has 20 heavy (non-hydrogen) atoms. The number of nitrogens with two attached hydrogens (primary N) is 1. The predicted molar refractivity (Wildman–Crippen MR) is 77.1 cm³/mol. The number of hydrogen-bond acceptors (Lipinski definition) is 5. The molecule has 0 bridgehead atoms. The molecule has 0 spiro atoms. The number of ether oxygens (including phenoxy) is 1. The van der Waals surface area contributed by atoms with Crippen molar-refractivity contribution in [1.82, 2.24) is 14.5 Å². The Morgan fingerprint density at radius 1 is 1.40 bits per heavy atom. The number of aryl methyl sites for hydroxylation is 2. The Labute approximate surface area is 120 Å². The standard InChI is InChI=1S/C12H24N4O3S/c1-4-19-9-7-14-20(17,18)12-10(2)15-16(11(12)3)8-5-6-13/h14H,4-9,13H2,1-3H3. The van der Waals surface area contributed by atoms with Crippen LogP contribution >= 0.6 is 0 Å². The van der Waals surface area contributed by atoms with Gasteiger partial charge in [-0.15, -0.1) is 0 Å². The second-order valence-corrected chi connectivity index (χ2v) is 6.16. The lowest BCUT2D eigenvalue weighted by molar-refractivity contribution is 0.153. The molecule has 1 aromatic rings. The highest BCUT2D eigenvalue weighted by Gasteiger charge is 2.23. The van der Waals surface area contributed by atoms with Crippen molar-refractivity contribution >= 4 is 10.0 Å². The average Bonchev–Trinajstić information content (AvgIpc) is 2.67. The highest BCUT2D eigenvalue weighted by atomic mass is 32.2. The Kier molecular flexibility index (Phi) is 6.60. The maximum Gasteiger partial charge on any atom is 0.244 e. The zero-order chi connectivity index (χ0) is 15.2. The summed E-state index contributed by atoms with van der Waals surface area (Å²) in [6.07, 6.45) is 0.763. The Bertz CT molecular complexity index is 525. The molecule has 0 saturated heterocycles. The van der Waals surface area contributed by atoms with Crippen LogP contribution in [0.2, 0.25) is 0 Å². The van der Waals surface area contributed by atoms with Crippen LogP contribution in [0, 0.1) is 13.8 Å². The van der Waals surface area contributed by atoms with Crippen molar-refractivity contribution in [3.05, 3.63) is 11.4 Å². The SMILES string of the molecule is CCOCCNS(=O)(=O)c1c(C)nn(CCCN)c1C. The van der Waals surface area contributed by atoms with Gasteiger partial charge in [-0.3, -0.25) is 4.68 Å². The van der Waals surface area contributed by atoms with Crippen LogP contribution in [0.3, 0.4) is 0 Å². The fourth-order valence-corrected chi connectivity index (χ4v) is 3.41. The highest BCUT2D eigenvalue weighted by molar-refractivity contribution is 7.89. The molecule has 3 N–H and O–H groups in total. The van der Waals surface area contributed by atoms with E-state index in [1.54, 1.807) is 18.5 Å². The van der Waals surface area contributed by atoms with Crippen LogP contribution in [-0.2, 0) is 21.3 Å². The Balaban J connectivity index is 2.86. The first-order chi connectivity index (χ1) is 9.44. The van der Waals surface area contributed by atoms with Gasteiger partial charge in [-0.1, -0.05) is 0 Å². The Hall–Kier alpha value is -0.960. The minimum Gasteiger partial charge on any atom is -0.380 e. The van der Waals surface area contributed by atoms with Crippen molar-refractivity contribution in [2.45, 2.75) is 38.6 Å². The summed E-state index contributed by atoms with van der Waals surface area (Å²) in [5.74, 6) is 0. The van der Waals surface area contributed by atoms with Crippen molar-refractivity contribution in [3.8, 4) is 0 Å². The van der Waals surface area contributed by atoms with E-state index in [1.807, 2.05) is 6.92 Å². The van der Waals surface area contributed by atoms with Gasteiger partial charge in [-0.05, 0) is 33.7 Å². The molecule has 7 nitrogen and oxygen atoms in total. The van der Waals surface area contributed by atoms with E-state index in [4.69, 9.17) is 10.5 Å². The fourth-order valence-electron chi connectivity index (χ4n) is 1.99. The van der Waals surface area contributed by atoms with Gasteiger partial charge in [-0.2, -0.15) is 5.10 Å². The average molecular weight is 304 g/mol. The van der Waals surface area contributed by atoms with Gasteiger partial charge < -0.3 is 10.5 Å². The summed E-state index contributed by atoms with van der Waals surface area (Å²) >= 11 is 0. The number of rotatable bonds is 9. The van der Waals surface area contributed by atoms with E-state index in [0.29, 0.717) is 37.7 Å². The summed E-state index contributed by atoms with van der Waals surface area (Å²) in [6, 6.07) is 0. The summed E-state index contributed by atoms with van der Waals surface area (Å²) in [6.45, 7) is 7.67. The smallest absolute Gasteiger partial charge is 0.244 e. The van der Waals surface area contributed by atoms with Crippen LogP contribution in [0.4, 0.5) is 0 Å². The van der Waals surface area contributed by atoms with Crippen molar-refractivity contribution in [2.24, 2.45) is 5.73 Å². The molecule has 0 aliphatic heterocycles. The van der Waals surface area contributed by atoms with Gasteiger partial charge in [0.2, 0.25) is 10.0 Å². The maximum atomic E-state index is 12.3.